The van der Waals surface area contributed by atoms with Gasteiger partial charge >= 0.3 is 0 Å². The molecule has 0 saturated heterocycles. The Morgan fingerprint density at radius 1 is 1.04 bits per heavy atom. The van der Waals surface area contributed by atoms with Crippen LogP contribution in [0.5, 0.6) is 0 Å². The number of rotatable bonds is 7. The van der Waals surface area contributed by atoms with Gasteiger partial charge in [0.25, 0.3) is 5.91 Å². The number of sulfonamides is 1. The van der Waals surface area contributed by atoms with Gasteiger partial charge in [0.1, 0.15) is 5.82 Å². The van der Waals surface area contributed by atoms with Gasteiger partial charge in [0.15, 0.2) is 0 Å². The van der Waals surface area contributed by atoms with E-state index in [1.165, 1.54) is 15.3 Å². The molecule has 0 aliphatic carbocycles. The summed E-state index contributed by atoms with van der Waals surface area (Å²) in [7, 11) is -2.21. The zero-order chi connectivity index (χ0) is 19.3. The largest absolute Gasteiger partial charge is 0.337 e. The van der Waals surface area contributed by atoms with Crippen molar-refractivity contribution in [3.63, 3.8) is 0 Å². The summed E-state index contributed by atoms with van der Waals surface area (Å²) in [6.07, 6.45) is 0. The predicted octanol–water partition coefficient (Wildman–Crippen LogP) is 3.13. The van der Waals surface area contributed by atoms with Crippen LogP contribution < -0.4 is 0 Å². The summed E-state index contributed by atoms with van der Waals surface area (Å²) in [6.45, 7) is 4.35. The Hall–Kier alpha value is -2.25. The van der Waals surface area contributed by atoms with Gasteiger partial charge in [-0.3, -0.25) is 4.79 Å². The van der Waals surface area contributed by atoms with Gasteiger partial charge in [0.2, 0.25) is 10.0 Å². The Kier molecular flexibility index (Phi) is 6.50. The minimum atomic E-state index is -3.76. The van der Waals surface area contributed by atoms with Crippen LogP contribution in [-0.4, -0.2) is 43.7 Å². The van der Waals surface area contributed by atoms with Crippen molar-refractivity contribution < 1.29 is 17.6 Å². The average molecular weight is 378 g/mol. The van der Waals surface area contributed by atoms with Crippen molar-refractivity contribution in [2.24, 2.45) is 0 Å². The second-order valence-corrected chi connectivity index (χ2v) is 7.82. The molecule has 2 aromatic carbocycles. The summed E-state index contributed by atoms with van der Waals surface area (Å²) >= 11 is 0. The third-order valence-electron chi connectivity index (χ3n) is 4.12. The Labute approximate surface area is 154 Å². The van der Waals surface area contributed by atoms with Crippen molar-refractivity contribution in [3.05, 3.63) is 65.5 Å². The standard InChI is InChI=1S/C19H23FN2O3S/c1-4-22(5-2)26(24,25)16-11-12-18(20)17(13-16)19(23)21(3)14-15-9-7-6-8-10-15/h6-13H,4-5,14H2,1-3H3. The lowest BCUT2D eigenvalue weighted by Crippen LogP contribution is -2.31. The molecule has 0 radical (unpaired) electrons. The molecule has 0 heterocycles. The summed E-state index contributed by atoms with van der Waals surface area (Å²) in [5.74, 6) is -1.31. The molecule has 0 aromatic heterocycles. The second-order valence-electron chi connectivity index (χ2n) is 5.88. The van der Waals surface area contributed by atoms with Gasteiger partial charge in [-0.05, 0) is 23.8 Å². The first-order valence-electron chi connectivity index (χ1n) is 8.40. The number of amides is 1. The second kappa shape index (κ2) is 8.42. The SMILES string of the molecule is CCN(CC)S(=O)(=O)c1ccc(F)c(C(=O)N(C)Cc2ccccc2)c1. The first-order valence-corrected chi connectivity index (χ1v) is 9.84. The first kappa shape index (κ1) is 20.1. The lowest BCUT2D eigenvalue weighted by atomic mass is 10.1. The van der Waals surface area contributed by atoms with E-state index in [0.29, 0.717) is 19.6 Å². The average Bonchev–Trinajstić information content (AvgIpc) is 2.63. The molecule has 1 amide bonds. The molecule has 0 unspecified atom stereocenters. The highest BCUT2D eigenvalue weighted by atomic mass is 32.2. The van der Waals surface area contributed by atoms with Crippen LogP contribution in [0.15, 0.2) is 53.4 Å². The van der Waals surface area contributed by atoms with E-state index in [1.54, 1.807) is 20.9 Å². The fraction of sp³-hybridized carbons (Fsp3) is 0.316. The maximum Gasteiger partial charge on any atom is 0.256 e. The zero-order valence-corrected chi connectivity index (χ0v) is 16.0. The van der Waals surface area contributed by atoms with Gasteiger partial charge in [-0.1, -0.05) is 44.2 Å². The van der Waals surface area contributed by atoms with Crippen LogP contribution in [0.4, 0.5) is 4.39 Å². The maximum atomic E-state index is 14.2. The lowest BCUT2D eigenvalue weighted by Gasteiger charge is -2.20. The van der Waals surface area contributed by atoms with Gasteiger partial charge in [0, 0.05) is 26.7 Å². The molecule has 0 aliphatic heterocycles. The van der Waals surface area contributed by atoms with Crippen molar-refractivity contribution in [1.82, 2.24) is 9.21 Å². The molecule has 140 valence electrons. The Bertz CT molecular complexity index is 866. The van der Waals surface area contributed by atoms with E-state index in [2.05, 4.69) is 0 Å². The van der Waals surface area contributed by atoms with Crippen molar-refractivity contribution >= 4 is 15.9 Å². The zero-order valence-electron chi connectivity index (χ0n) is 15.1. The van der Waals surface area contributed by atoms with Crippen LogP contribution >= 0.6 is 0 Å². The maximum absolute atomic E-state index is 14.2. The van der Waals surface area contributed by atoms with Crippen LogP contribution in [-0.2, 0) is 16.6 Å². The van der Waals surface area contributed by atoms with Crippen LogP contribution in [0, 0.1) is 5.82 Å². The predicted molar refractivity (Wildman–Crippen MR) is 98.7 cm³/mol. The van der Waals surface area contributed by atoms with Crippen molar-refractivity contribution in [1.29, 1.82) is 0 Å². The van der Waals surface area contributed by atoms with Gasteiger partial charge in [-0.2, -0.15) is 4.31 Å². The molecule has 0 fully saturated rings. The Morgan fingerprint density at radius 2 is 1.65 bits per heavy atom. The minimum absolute atomic E-state index is 0.0842. The molecule has 0 aliphatic rings. The van der Waals surface area contributed by atoms with Crippen molar-refractivity contribution in [3.8, 4) is 0 Å². The van der Waals surface area contributed by atoms with E-state index in [1.807, 2.05) is 30.3 Å². The van der Waals surface area contributed by atoms with Crippen LogP contribution in [0.25, 0.3) is 0 Å². The number of carbonyl (C=O) groups excluding carboxylic acids is 1. The van der Waals surface area contributed by atoms with Gasteiger partial charge in [0.05, 0.1) is 10.5 Å². The van der Waals surface area contributed by atoms with Gasteiger partial charge < -0.3 is 4.90 Å². The van der Waals surface area contributed by atoms with Crippen LogP contribution in [0.1, 0.15) is 29.8 Å². The van der Waals surface area contributed by atoms with Crippen LogP contribution in [0.2, 0.25) is 0 Å². The highest BCUT2D eigenvalue weighted by Crippen LogP contribution is 2.20. The van der Waals surface area contributed by atoms with E-state index < -0.39 is 21.7 Å². The molecule has 26 heavy (non-hydrogen) atoms. The minimum Gasteiger partial charge on any atom is -0.337 e. The molecule has 0 saturated carbocycles. The summed E-state index contributed by atoms with van der Waals surface area (Å²) < 4.78 is 40.7. The fourth-order valence-electron chi connectivity index (χ4n) is 2.68. The molecular formula is C19H23FN2O3S. The fourth-order valence-corrected chi connectivity index (χ4v) is 4.16. The molecule has 5 nitrogen and oxygen atoms in total. The van der Waals surface area contributed by atoms with E-state index >= 15 is 0 Å². The summed E-state index contributed by atoms with van der Waals surface area (Å²) in [4.78, 5) is 13.9. The number of hydrogen-bond acceptors (Lipinski definition) is 3. The van der Waals surface area contributed by atoms with Gasteiger partial charge in [-0.25, -0.2) is 12.8 Å². The first-order chi connectivity index (χ1) is 12.3. The molecule has 0 N–H and O–H groups in total. The van der Waals surface area contributed by atoms with E-state index in [0.717, 1.165) is 17.7 Å². The van der Waals surface area contributed by atoms with Crippen molar-refractivity contribution in [2.45, 2.75) is 25.3 Å². The highest BCUT2D eigenvalue weighted by Gasteiger charge is 2.25. The highest BCUT2D eigenvalue weighted by molar-refractivity contribution is 7.89. The third-order valence-corrected chi connectivity index (χ3v) is 6.17. The van der Waals surface area contributed by atoms with Crippen molar-refractivity contribution in [2.75, 3.05) is 20.1 Å². The number of halogens is 1. The number of carbonyl (C=O) groups is 1. The van der Waals surface area contributed by atoms with E-state index in [4.69, 9.17) is 0 Å². The summed E-state index contributed by atoms with van der Waals surface area (Å²) in [6, 6.07) is 12.6. The molecule has 0 atom stereocenters. The Balaban J connectivity index is 2.33. The number of nitrogens with zero attached hydrogens (tertiary/aromatic N) is 2. The summed E-state index contributed by atoms with van der Waals surface area (Å²) in [5, 5.41) is 0. The van der Waals surface area contributed by atoms with Gasteiger partial charge in [-0.15, -0.1) is 0 Å². The summed E-state index contributed by atoms with van der Waals surface area (Å²) in [5.41, 5.74) is 0.646. The molecular weight excluding hydrogens is 355 g/mol. The monoisotopic (exact) mass is 378 g/mol. The normalized spacial score (nSPS) is 11.6. The molecule has 2 rings (SSSR count). The van der Waals surface area contributed by atoms with Crippen LogP contribution in [0.3, 0.4) is 0 Å². The quantitative estimate of drug-likeness (QED) is 0.744. The molecule has 2 aromatic rings. The third kappa shape index (κ3) is 4.28. The molecule has 0 bridgehead atoms. The number of hydrogen-bond donors (Lipinski definition) is 0. The van der Waals surface area contributed by atoms with E-state index in [-0.39, 0.29) is 10.5 Å². The topological polar surface area (TPSA) is 57.7 Å². The lowest BCUT2D eigenvalue weighted by molar-refractivity contribution is 0.0780. The smallest absolute Gasteiger partial charge is 0.256 e. The van der Waals surface area contributed by atoms with E-state index in [9.17, 15) is 17.6 Å². The number of benzene rings is 2. The molecule has 7 heteroatoms. The Morgan fingerprint density at radius 3 is 2.23 bits per heavy atom. The molecule has 0 spiro atoms.